The van der Waals surface area contributed by atoms with Crippen LogP contribution in [0, 0.1) is 12.3 Å². The Balaban J connectivity index is 2.15. The second kappa shape index (κ2) is 5.30. The van der Waals surface area contributed by atoms with Gasteiger partial charge in [0, 0.05) is 17.2 Å². The molecule has 2 rings (SSSR count). The predicted molar refractivity (Wildman–Crippen MR) is 77.9 cm³/mol. The molecule has 2 unspecified atom stereocenters. The summed E-state index contributed by atoms with van der Waals surface area (Å²) >= 11 is 12.6. The highest BCUT2D eigenvalue weighted by Gasteiger charge is 2.53. The average Bonchev–Trinajstić information content (AvgIpc) is 2.33. The molecule has 0 heterocycles. The third kappa shape index (κ3) is 2.23. The number of hydrogen-bond acceptors (Lipinski definition) is 1. The van der Waals surface area contributed by atoms with Crippen molar-refractivity contribution in [3.8, 4) is 5.75 Å². The van der Waals surface area contributed by atoms with E-state index in [1.807, 2.05) is 25.1 Å². The van der Waals surface area contributed by atoms with E-state index in [0.717, 1.165) is 30.6 Å². The Bertz CT molecular complexity index is 427. The molecule has 1 aromatic rings. The van der Waals surface area contributed by atoms with Crippen molar-refractivity contribution in [1.29, 1.82) is 0 Å². The molecule has 1 aromatic carbocycles. The number of ether oxygens (including phenoxy) is 1. The van der Waals surface area contributed by atoms with Crippen LogP contribution < -0.4 is 4.74 Å². The quantitative estimate of drug-likeness (QED) is 0.690. The lowest BCUT2D eigenvalue weighted by Gasteiger charge is -2.52. The van der Waals surface area contributed by atoms with Crippen molar-refractivity contribution in [1.82, 2.24) is 0 Å². The van der Waals surface area contributed by atoms with Crippen LogP contribution in [-0.4, -0.2) is 11.5 Å². The number of alkyl halides is 1. The van der Waals surface area contributed by atoms with Crippen LogP contribution in [0.2, 0.25) is 5.02 Å². The van der Waals surface area contributed by atoms with Crippen molar-refractivity contribution >= 4 is 23.2 Å². The zero-order chi connectivity index (χ0) is 13.3. The van der Waals surface area contributed by atoms with Gasteiger partial charge in [0.2, 0.25) is 0 Å². The first-order valence-corrected chi connectivity index (χ1v) is 7.41. The van der Waals surface area contributed by atoms with Crippen molar-refractivity contribution in [3.63, 3.8) is 0 Å². The summed E-state index contributed by atoms with van der Waals surface area (Å²) in [6, 6.07) is 5.92. The lowest BCUT2D eigenvalue weighted by molar-refractivity contribution is -0.0461. The van der Waals surface area contributed by atoms with Gasteiger partial charge in [-0.05, 0) is 37.5 Å². The van der Waals surface area contributed by atoms with Gasteiger partial charge in [-0.2, -0.15) is 0 Å². The topological polar surface area (TPSA) is 9.23 Å². The van der Waals surface area contributed by atoms with E-state index in [0.29, 0.717) is 5.02 Å². The monoisotopic (exact) mass is 286 g/mol. The summed E-state index contributed by atoms with van der Waals surface area (Å²) in [6.07, 6.45) is 3.20. The van der Waals surface area contributed by atoms with Crippen molar-refractivity contribution in [2.45, 2.75) is 51.5 Å². The molecule has 0 saturated heterocycles. The summed E-state index contributed by atoms with van der Waals surface area (Å²) in [5.74, 6) is 0.780. The smallest absolute Gasteiger partial charge is 0.138 e. The van der Waals surface area contributed by atoms with Crippen molar-refractivity contribution < 1.29 is 4.74 Å². The average molecular weight is 287 g/mol. The second-order valence-electron chi connectivity index (χ2n) is 5.18. The summed E-state index contributed by atoms with van der Waals surface area (Å²) in [5, 5.41) is 0.913. The fourth-order valence-corrected chi connectivity index (χ4v) is 3.76. The molecule has 1 nitrogen and oxygen atoms in total. The summed E-state index contributed by atoms with van der Waals surface area (Å²) < 4.78 is 6.09. The van der Waals surface area contributed by atoms with E-state index < -0.39 is 0 Å². The van der Waals surface area contributed by atoms with Gasteiger partial charge in [-0.25, -0.2) is 0 Å². The van der Waals surface area contributed by atoms with E-state index in [1.165, 1.54) is 0 Å². The fraction of sp³-hybridized carbons (Fsp3) is 0.600. The Hall–Kier alpha value is -0.400. The minimum atomic E-state index is 0.107. The summed E-state index contributed by atoms with van der Waals surface area (Å²) in [6.45, 7) is 6.40. The zero-order valence-electron chi connectivity index (χ0n) is 11.2. The van der Waals surface area contributed by atoms with Gasteiger partial charge < -0.3 is 4.74 Å². The molecule has 0 radical (unpaired) electrons. The van der Waals surface area contributed by atoms with Crippen LogP contribution in [0.5, 0.6) is 5.75 Å². The number of aryl methyl sites for hydroxylation is 1. The molecule has 2 atom stereocenters. The van der Waals surface area contributed by atoms with E-state index >= 15 is 0 Å². The van der Waals surface area contributed by atoms with Crippen LogP contribution in [0.1, 0.15) is 38.7 Å². The fourth-order valence-electron chi connectivity index (χ4n) is 2.87. The van der Waals surface area contributed by atoms with E-state index in [4.69, 9.17) is 27.9 Å². The Morgan fingerprint density at radius 1 is 1.33 bits per heavy atom. The van der Waals surface area contributed by atoms with E-state index in [1.54, 1.807) is 0 Å². The number of halogens is 2. The Kier molecular flexibility index (Phi) is 4.13. The molecule has 18 heavy (non-hydrogen) atoms. The number of rotatable bonds is 4. The minimum absolute atomic E-state index is 0.107. The second-order valence-corrected chi connectivity index (χ2v) is 6.12. The standard InChI is InChI=1S/C15H20Cl2O/c1-4-15(5-2)13(17)9-14(15)18-12-7-6-10(3)8-11(12)16/h6-8,13-14H,4-5,9H2,1-3H3. The first-order valence-electron chi connectivity index (χ1n) is 6.60. The summed E-state index contributed by atoms with van der Waals surface area (Å²) in [4.78, 5) is 0. The Labute approximate surface area is 119 Å². The van der Waals surface area contributed by atoms with Crippen LogP contribution in [0.15, 0.2) is 18.2 Å². The molecule has 0 aliphatic heterocycles. The van der Waals surface area contributed by atoms with Crippen LogP contribution in [0.3, 0.4) is 0 Å². The maximum atomic E-state index is 6.39. The zero-order valence-corrected chi connectivity index (χ0v) is 12.7. The maximum absolute atomic E-state index is 6.39. The molecule has 3 heteroatoms. The van der Waals surface area contributed by atoms with Gasteiger partial charge in [-0.3, -0.25) is 0 Å². The molecular weight excluding hydrogens is 267 g/mol. The molecule has 0 spiro atoms. The molecule has 0 N–H and O–H groups in total. The predicted octanol–water partition coefficient (Wildman–Crippen LogP) is 5.21. The molecule has 1 saturated carbocycles. The first kappa shape index (κ1) is 14.0. The van der Waals surface area contributed by atoms with E-state index in [9.17, 15) is 0 Å². The third-order valence-electron chi connectivity index (χ3n) is 4.36. The normalized spacial score (nSPS) is 25.6. The Morgan fingerprint density at radius 3 is 2.50 bits per heavy atom. The largest absolute Gasteiger partial charge is 0.488 e. The van der Waals surface area contributed by atoms with Crippen molar-refractivity contribution in [2.24, 2.45) is 5.41 Å². The SMILES string of the molecule is CCC1(CC)C(Cl)CC1Oc1ccc(C)cc1Cl. The van der Waals surface area contributed by atoms with Gasteiger partial charge >= 0.3 is 0 Å². The van der Waals surface area contributed by atoms with Gasteiger partial charge in [-0.15, -0.1) is 11.6 Å². The molecule has 1 fully saturated rings. The molecule has 1 aliphatic rings. The van der Waals surface area contributed by atoms with E-state index in [-0.39, 0.29) is 16.9 Å². The summed E-state index contributed by atoms with van der Waals surface area (Å²) in [7, 11) is 0. The highest BCUT2D eigenvalue weighted by Crippen LogP contribution is 2.52. The molecule has 1 aliphatic carbocycles. The third-order valence-corrected chi connectivity index (χ3v) is 5.27. The van der Waals surface area contributed by atoms with Crippen molar-refractivity contribution in [2.75, 3.05) is 0 Å². The van der Waals surface area contributed by atoms with Gasteiger partial charge in [0.25, 0.3) is 0 Å². The lowest BCUT2D eigenvalue weighted by atomic mass is 9.62. The number of hydrogen-bond donors (Lipinski definition) is 0. The lowest BCUT2D eigenvalue weighted by Crippen LogP contribution is -2.56. The first-order chi connectivity index (χ1) is 8.53. The van der Waals surface area contributed by atoms with Gasteiger partial charge in [-0.1, -0.05) is 31.5 Å². The van der Waals surface area contributed by atoms with Crippen LogP contribution in [0.25, 0.3) is 0 Å². The minimum Gasteiger partial charge on any atom is -0.488 e. The maximum Gasteiger partial charge on any atom is 0.138 e. The highest BCUT2D eigenvalue weighted by atomic mass is 35.5. The van der Waals surface area contributed by atoms with Gasteiger partial charge in [0.15, 0.2) is 0 Å². The molecule has 100 valence electrons. The molecule has 0 aromatic heterocycles. The van der Waals surface area contributed by atoms with Gasteiger partial charge in [0.1, 0.15) is 11.9 Å². The van der Waals surface area contributed by atoms with Crippen molar-refractivity contribution in [3.05, 3.63) is 28.8 Å². The molecule has 0 bridgehead atoms. The van der Waals surface area contributed by atoms with Gasteiger partial charge in [0.05, 0.1) is 5.02 Å². The highest BCUT2D eigenvalue weighted by molar-refractivity contribution is 6.32. The number of benzene rings is 1. The molecular formula is C15H20Cl2O. The summed E-state index contributed by atoms with van der Waals surface area (Å²) in [5.41, 5.74) is 1.25. The van der Waals surface area contributed by atoms with Crippen LogP contribution >= 0.6 is 23.2 Å². The van der Waals surface area contributed by atoms with Crippen LogP contribution in [-0.2, 0) is 0 Å². The molecule has 0 amide bonds. The van der Waals surface area contributed by atoms with Crippen LogP contribution in [0.4, 0.5) is 0 Å². The Morgan fingerprint density at radius 2 is 2.00 bits per heavy atom. The van der Waals surface area contributed by atoms with E-state index in [2.05, 4.69) is 13.8 Å².